The van der Waals surface area contributed by atoms with Gasteiger partial charge < -0.3 is 14.4 Å². The Kier molecular flexibility index (Phi) is 3.88. The molecule has 0 bridgehead atoms. The number of fused-ring (bicyclic) bond motifs is 1. The highest BCUT2D eigenvalue weighted by Crippen LogP contribution is 2.35. The molecule has 1 aromatic heterocycles. The zero-order valence-electron chi connectivity index (χ0n) is 13.8. The van der Waals surface area contributed by atoms with Crippen LogP contribution in [0.3, 0.4) is 0 Å². The van der Waals surface area contributed by atoms with E-state index in [9.17, 15) is 4.79 Å². The van der Waals surface area contributed by atoms with Gasteiger partial charge in [-0.2, -0.15) is 5.10 Å². The number of benzene rings is 1. The second-order valence-corrected chi connectivity index (χ2v) is 6.32. The molecule has 126 valence electrons. The maximum atomic E-state index is 13.0. The molecule has 0 N–H and O–H groups in total. The second-order valence-electron chi connectivity index (χ2n) is 6.32. The molecule has 1 aromatic carbocycles. The van der Waals surface area contributed by atoms with E-state index in [1.54, 1.807) is 4.68 Å². The SMILES string of the molecule is Cn1cc(C2CCCN2C(=O)c2ccc3c(c2)OCCCO3)cn1. The third-order valence-electron chi connectivity index (χ3n) is 4.62. The first-order chi connectivity index (χ1) is 11.7. The summed E-state index contributed by atoms with van der Waals surface area (Å²) in [5, 5.41) is 4.24. The number of likely N-dealkylation sites (tertiary alicyclic amines) is 1. The molecule has 1 unspecified atom stereocenters. The van der Waals surface area contributed by atoms with Gasteiger partial charge in [-0.1, -0.05) is 0 Å². The van der Waals surface area contributed by atoms with Gasteiger partial charge in [0.15, 0.2) is 11.5 Å². The molecule has 0 aliphatic carbocycles. The van der Waals surface area contributed by atoms with Crippen LogP contribution in [0.25, 0.3) is 0 Å². The van der Waals surface area contributed by atoms with Gasteiger partial charge in [0.1, 0.15) is 0 Å². The number of rotatable bonds is 2. The number of carbonyl (C=O) groups excluding carboxylic acids is 1. The summed E-state index contributed by atoms with van der Waals surface area (Å²) in [5.74, 6) is 1.42. The van der Waals surface area contributed by atoms with Crippen molar-refractivity contribution in [3.63, 3.8) is 0 Å². The fraction of sp³-hybridized carbons (Fsp3) is 0.444. The van der Waals surface area contributed by atoms with Crippen molar-refractivity contribution in [2.24, 2.45) is 7.05 Å². The fourth-order valence-electron chi connectivity index (χ4n) is 3.43. The Balaban J connectivity index is 1.59. The van der Waals surface area contributed by atoms with Crippen LogP contribution in [0.1, 0.15) is 41.2 Å². The van der Waals surface area contributed by atoms with Crippen molar-refractivity contribution in [1.82, 2.24) is 14.7 Å². The molecule has 0 radical (unpaired) electrons. The van der Waals surface area contributed by atoms with Crippen molar-refractivity contribution in [2.45, 2.75) is 25.3 Å². The Morgan fingerprint density at radius 1 is 1.21 bits per heavy atom. The zero-order valence-corrected chi connectivity index (χ0v) is 13.8. The van der Waals surface area contributed by atoms with Gasteiger partial charge in [0.2, 0.25) is 0 Å². The molecule has 24 heavy (non-hydrogen) atoms. The van der Waals surface area contributed by atoms with Crippen LogP contribution in [-0.4, -0.2) is 40.3 Å². The number of aryl methyl sites for hydroxylation is 1. The number of nitrogens with zero attached hydrogens (tertiary/aromatic N) is 3. The summed E-state index contributed by atoms with van der Waals surface area (Å²) in [6.45, 7) is 2.04. The Morgan fingerprint density at radius 2 is 2.04 bits per heavy atom. The monoisotopic (exact) mass is 327 g/mol. The van der Waals surface area contributed by atoms with Gasteiger partial charge in [-0.05, 0) is 31.0 Å². The van der Waals surface area contributed by atoms with E-state index in [2.05, 4.69) is 5.10 Å². The number of ether oxygens (including phenoxy) is 2. The molecule has 1 fully saturated rings. The minimum Gasteiger partial charge on any atom is -0.490 e. The van der Waals surface area contributed by atoms with E-state index < -0.39 is 0 Å². The first kappa shape index (κ1) is 15.1. The number of hydrogen-bond donors (Lipinski definition) is 0. The molecule has 1 atom stereocenters. The molecule has 3 heterocycles. The molecule has 2 aromatic rings. The standard InChI is InChI=1S/C18H21N3O3/c1-20-12-14(11-19-20)15-4-2-7-21(15)18(22)13-5-6-16-17(10-13)24-9-3-8-23-16/h5-6,10-12,15H,2-4,7-9H2,1H3. The van der Waals surface area contributed by atoms with E-state index in [4.69, 9.17) is 9.47 Å². The summed E-state index contributed by atoms with van der Waals surface area (Å²) in [5.41, 5.74) is 1.74. The predicted octanol–water partition coefficient (Wildman–Crippen LogP) is 2.56. The number of hydrogen-bond acceptors (Lipinski definition) is 4. The minimum atomic E-state index is 0.0389. The highest BCUT2D eigenvalue weighted by molar-refractivity contribution is 5.95. The quantitative estimate of drug-likeness (QED) is 0.851. The van der Waals surface area contributed by atoms with Crippen LogP contribution in [0.5, 0.6) is 11.5 Å². The normalized spacial score (nSPS) is 20.0. The van der Waals surface area contributed by atoms with Crippen LogP contribution in [0.2, 0.25) is 0 Å². The predicted molar refractivity (Wildman–Crippen MR) is 88.3 cm³/mol. The van der Waals surface area contributed by atoms with Crippen LogP contribution in [-0.2, 0) is 7.05 Å². The lowest BCUT2D eigenvalue weighted by molar-refractivity contribution is 0.0735. The van der Waals surface area contributed by atoms with Crippen molar-refractivity contribution in [2.75, 3.05) is 19.8 Å². The third kappa shape index (κ3) is 2.72. The number of aromatic nitrogens is 2. The summed E-state index contributed by atoms with van der Waals surface area (Å²) >= 11 is 0. The molecular formula is C18H21N3O3. The Bertz CT molecular complexity index is 756. The molecule has 2 aliphatic rings. The first-order valence-electron chi connectivity index (χ1n) is 8.41. The summed E-state index contributed by atoms with van der Waals surface area (Å²) in [6.07, 6.45) is 6.68. The molecule has 2 aliphatic heterocycles. The van der Waals surface area contributed by atoms with Crippen LogP contribution >= 0.6 is 0 Å². The Morgan fingerprint density at radius 3 is 2.83 bits per heavy atom. The van der Waals surface area contributed by atoms with Gasteiger partial charge in [0.05, 0.1) is 25.5 Å². The molecule has 0 saturated carbocycles. The Labute approximate surface area is 141 Å². The molecule has 6 nitrogen and oxygen atoms in total. The van der Waals surface area contributed by atoms with Gasteiger partial charge in [-0.3, -0.25) is 9.48 Å². The van der Waals surface area contributed by atoms with Crippen LogP contribution in [0, 0.1) is 0 Å². The smallest absolute Gasteiger partial charge is 0.254 e. The van der Waals surface area contributed by atoms with Gasteiger partial charge >= 0.3 is 0 Å². The van der Waals surface area contributed by atoms with Crippen molar-refractivity contribution >= 4 is 5.91 Å². The van der Waals surface area contributed by atoms with Crippen molar-refractivity contribution in [3.05, 3.63) is 41.7 Å². The number of carbonyl (C=O) groups is 1. The highest BCUT2D eigenvalue weighted by Gasteiger charge is 2.31. The maximum absolute atomic E-state index is 13.0. The van der Waals surface area contributed by atoms with E-state index in [1.165, 1.54) is 0 Å². The van der Waals surface area contributed by atoms with E-state index >= 15 is 0 Å². The summed E-state index contributed by atoms with van der Waals surface area (Å²) in [7, 11) is 1.90. The highest BCUT2D eigenvalue weighted by atomic mass is 16.5. The summed E-state index contributed by atoms with van der Waals surface area (Å²) in [6, 6.07) is 5.57. The lowest BCUT2D eigenvalue weighted by Crippen LogP contribution is -2.30. The topological polar surface area (TPSA) is 56.6 Å². The van der Waals surface area contributed by atoms with Gasteiger partial charge in [0, 0.05) is 37.3 Å². The second kappa shape index (κ2) is 6.19. The van der Waals surface area contributed by atoms with Gasteiger partial charge in [0.25, 0.3) is 5.91 Å². The fourth-order valence-corrected chi connectivity index (χ4v) is 3.43. The van der Waals surface area contributed by atoms with E-state index in [0.29, 0.717) is 30.3 Å². The van der Waals surface area contributed by atoms with Crippen LogP contribution in [0.4, 0.5) is 0 Å². The first-order valence-corrected chi connectivity index (χ1v) is 8.41. The maximum Gasteiger partial charge on any atom is 0.254 e. The summed E-state index contributed by atoms with van der Waals surface area (Å²) < 4.78 is 13.1. The van der Waals surface area contributed by atoms with Crippen molar-refractivity contribution in [3.8, 4) is 11.5 Å². The van der Waals surface area contributed by atoms with Crippen molar-refractivity contribution < 1.29 is 14.3 Å². The third-order valence-corrected chi connectivity index (χ3v) is 4.62. The zero-order chi connectivity index (χ0) is 16.5. The molecule has 1 saturated heterocycles. The molecule has 6 heteroatoms. The largest absolute Gasteiger partial charge is 0.490 e. The van der Waals surface area contributed by atoms with Gasteiger partial charge in [-0.25, -0.2) is 0 Å². The summed E-state index contributed by atoms with van der Waals surface area (Å²) in [4.78, 5) is 15.0. The van der Waals surface area contributed by atoms with Crippen LogP contribution < -0.4 is 9.47 Å². The average molecular weight is 327 g/mol. The Hall–Kier alpha value is -2.50. The minimum absolute atomic E-state index is 0.0389. The van der Waals surface area contributed by atoms with E-state index in [0.717, 1.165) is 31.4 Å². The molecule has 4 rings (SSSR count). The lowest BCUT2D eigenvalue weighted by Gasteiger charge is -2.24. The van der Waals surface area contributed by atoms with Gasteiger partial charge in [-0.15, -0.1) is 0 Å². The lowest BCUT2D eigenvalue weighted by atomic mass is 10.1. The molecule has 0 spiro atoms. The van der Waals surface area contributed by atoms with Crippen LogP contribution in [0.15, 0.2) is 30.6 Å². The number of amides is 1. The van der Waals surface area contributed by atoms with E-state index in [-0.39, 0.29) is 11.9 Å². The molecular weight excluding hydrogens is 306 g/mol. The molecule has 1 amide bonds. The van der Waals surface area contributed by atoms with E-state index in [1.807, 2.05) is 42.5 Å². The van der Waals surface area contributed by atoms with Crippen molar-refractivity contribution in [1.29, 1.82) is 0 Å². The average Bonchev–Trinajstić information content (AvgIpc) is 3.17.